The van der Waals surface area contributed by atoms with Crippen LogP contribution >= 0.6 is 11.3 Å². The van der Waals surface area contributed by atoms with Crippen LogP contribution in [-0.2, 0) is 11.2 Å². The van der Waals surface area contributed by atoms with Crippen LogP contribution < -0.4 is 10.9 Å². The van der Waals surface area contributed by atoms with Crippen molar-refractivity contribution < 1.29 is 4.79 Å². The average molecular weight is 339 g/mol. The highest BCUT2D eigenvalue weighted by Crippen LogP contribution is 2.11. The van der Waals surface area contributed by atoms with E-state index in [1.54, 1.807) is 17.4 Å². The van der Waals surface area contributed by atoms with Crippen molar-refractivity contribution in [3.05, 3.63) is 68.4 Å². The number of para-hydroxylation sites is 1. The summed E-state index contributed by atoms with van der Waals surface area (Å²) in [5.41, 5.74) is 2.00. The summed E-state index contributed by atoms with van der Waals surface area (Å²) in [4.78, 5) is 31.0. The first-order valence-electron chi connectivity index (χ1n) is 7.61. The molecule has 0 radical (unpaired) electrons. The molecular formula is C18H17N3O2S. The monoisotopic (exact) mass is 339 g/mol. The van der Waals surface area contributed by atoms with E-state index in [4.69, 9.17) is 0 Å². The zero-order valence-corrected chi connectivity index (χ0v) is 14.0. The lowest BCUT2D eigenvalue weighted by Gasteiger charge is -2.01. The standard InChI is InChI=1S/C18H17N3O2S/c1-12-20-15(11-24-12)8-9-19-17(22)7-6-14-10-13-4-2-3-5-16(13)21-18(14)23/h2-7,10-11H,8-9H2,1H3,(H,19,22)(H,21,23)/b7-6+. The molecule has 0 unspecified atom stereocenters. The molecule has 6 heteroatoms. The third-order valence-corrected chi connectivity index (χ3v) is 4.37. The predicted octanol–water partition coefficient (Wildman–Crippen LogP) is 2.67. The van der Waals surface area contributed by atoms with Gasteiger partial charge in [0.1, 0.15) is 0 Å². The molecule has 0 aliphatic carbocycles. The fourth-order valence-corrected chi connectivity index (χ4v) is 3.00. The molecule has 0 bridgehead atoms. The quantitative estimate of drug-likeness (QED) is 0.702. The number of hydrogen-bond acceptors (Lipinski definition) is 4. The van der Waals surface area contributed by atoms with Crippen molar-refractivity contribution in [1.82, 2.24) is 15.3 Å². The molecule has 1 aromatic carbocycles. The molecule has 5 nitrogen and oxygen atoms in total. The third kappa shape index (κ3) is 3.97. The van der Waals surface area contributed by atoms with Crippen LogP contribution in [0.2, 0.25) is 0 Å². The molecule has 0 spiro atoms. The topological polar surface area (TPSA) is 74.8 Å². The number of H-pyrrole nitrogens is 1. The molecule has 0 saturated heterocycles. The summed E-state index contributed by atoms with van der Waals surface area (Å²) in [6.45, 7) is 2.47. The molecule has 0 aliphatic heterocycles. The van der Waals surface area contributed by atoms with Gasteiger partial charge in [-0.05, 0) is 30.5 Å². The van der Waals surface area contributed by atoms with Gasteiger partial charge in [-0.2, -0.15) is 0 Å². The summed E-state index contributed by atoms with van der Waals surface area (Å²) < 4.78 is 0. The summed E-state index contributed by atoms with van der Waals surface area (Å²) >= 11 is 1.60. The number of aryl methyl sites for hydroxylation is 1. The molecule has 0 aliphatic rings. The van der Waals surface area contributed by atoms with Crippen LogP contribution in [0, 0.1) is 6.92 Å². The SMILES string of the molecule is Cc1nc(CCNC(=O)/C=C/c2cc3ccccc3[nH]c2=O)cs1. The smallest absolute Gasteiger partial charge is 0.255 e. The lowest BCUT2D eigenvalue weighted by Crippen LogP contribution is -2.23. The summed E-state index contributed by atoms with van der Waals surface area (Å²) in [6.07, 6.45) is 3.61. The molecule has 2 N–H and O–H groups in total. The van der Waals surface area contributed by atoms with Gasteiger partial charge in [0.05, 0.1) is 10.7 Å². The minimum Gasteiger partial charge on any atom is -0.352 e. The lowest BCUT2D eigenvalue weighted by molar-refractivity contribution is -0.116. The number of carbonyl (C=O) groups is 1. The largest absolute Gasteiger partial charge is 0.352 e. The summed E-state index contributed by atoms with van der Waals surface area (Å²) in [5.74, 6) is -0.227. The van der Waals surface area contributed by atoms with E-state index in [-0.39, 0.29) is 11.5 Å². The van der Waals surface area contributed by atoms with Crippen LogP contribution in [0.5, 0.6) is 0 Å². The van der Waals surface area contributed by atoms with Crippen molar-refractivity contribution in [3.63, 3.8) is 0 Å². The molecule has 0 atom stereocenters. The number of thiazole rings is 1. The van der Waals surface area contributed by atoms with E-state index in [1.807, 2.05) is 36.6 Å². The molecule has 0 fully saturated rings. The highest BCUT2D eigenvalue weighted by Gasteiger charge is 2.02. The van der Waals surface area contributed by atoms with E-state index < -0.39 is 0 Å². The number of nitrogens with zero attached hydrogens (tertiary/aromatic N) is 1. The summed E-state index contributed by atoms with van der Waals surface area (Å²) in [5, 5.41) is 6.73. The molecular weight excluding hydrogens is 322 g/mol. The van der Waals surface area contributed by atoms with Crippen molar-refractivity contribution >= 4 is 34.2 Å². The van der Waals surface area contributed by atoms with Crippen LogP contribution in [0.3, 0.4) is 0 Å². The van der Waals surface area contributed by atoms with E-state index in [9.17, 15) is 9.59 Å². The first kappa shape index (κ1) is 16.1. The zero-order valence-electron chi connectivity index (χ0n) is 13.2. The highest BCUT2D eigenvalue weighted by molar-refractivity contribution is 7.09. The van der Waals surface area contributed by atoms with E-state index >= 15 is 0 Å². The Bertz CT molecular complexity index is 956. The van der Waals surface area contributed by atoms with Crippen molar-refractivity contribution in [2.75, 3.05) is 6.54 Å². The van der Waals surface area contributed by atoms with Crippen LogP contribution in [0.15, 0.2) is 46.6 Å². The van der Waals surface area contributed by atoms with Crippen LogP contribution in [0.1, 0.15) is 16.3 Å². The third-order valence-electron chi connectivity index (χ3n) is 3.54. The number of rotatable bonds is 5. The van der Waals surface area contributed by atoms with Crippen molar-refractivity contribution in [2.45, 2.75) is 13.3 Å². The predicted molar refractivity (Wildman–Crippen MR) is 97.2 cm³/mol. The minimum absolute atomic E-state index is 0.212. The Morgan fingerprint density at radius 2 is 2.21 bits per heavy atom. The number of hydrogen-bond donors (Lipinski definition) is 2. The zero-order chi connectivity index (χ0) is 16.9. The number of benzene rings is 1. The van der Waals surface area contributed by atoms with Crippen LogP contribution in [0.4, 0.5) is 0 Å². The number of aromatic amines is 1. The van der Waals surface area contributed by atoms with Crippen molar-refractivity contribution in [2.24, 2.45) is 0 Å². The van der Waals surface area contributed by atoms with Gasteiger partial charge in [0.2, 0.25) is 5.91 Å². The van der Waals surface area contributed by atoms with Crippen LogP contribution in [-0.4, -0.2) is 22.4 Å². The van der Waals surface area contributed by atoms with E-state index in [0.717, 1.165) is 21.6 Å². The van der Waals surface area contributed by atoms with Gasteiger partial charge >= 0.3 is 0 Å². The lowest BCUT2D eigenvalue weighted by atomic mass is 10.1. The van der Waals surface area contributed by atoms with Crippen molar-refractivity contribution in [3.8, 4) is 0 Å². The Hall–Kier alpha value is -2.73. The Balaban J connectivity index is 1.61. The number of nitrogens with one attached hydrogen (secondary N) is 2. The van der Waals surface area contributed by atoms with Crippen molar-refractivity contribution in [1.29, 1.82) is 0 Å². The van der Waals surface area contributed by atoms with Gasteiger partial charge in [-0.15, -0.1) is 11.3 Å². The summed E-state index contributed by atoms with van der Waals surface area (Å²) in [7, 11) is 0. The Labute approximate surface area is 143 Å². The van der Waals surface area contributed by atoms with E-state index in [0.29, 0.717) is 18.5 Å². The first-order valence-corrected chi connectivity index (χ1v) is 8.49. The Kier molecular flexibility index (Phi) is 4.86. The second-order valence-electron chi connectivity index (χ2n) is 5.37. The average Bonchev–Trinajstić information content (AvgIpc) is 2.98. The maximum Gasteiger partial charge on any atom is 0.255 e. The highest BCUT2D eigenvalue weighted by atomic mass is 32.1. The molecule has 24 heavy (non-hydrogen) atoms. The number of carbonyl (C=O) groups excluding carboxylic acids is 1. The number of fused-ring (bicyclic) bond motifs is 1. The second-order valence-corrected chi connectivity index (χ2v) is 6.44. The Morgan fingerprint density at radius 3 is 3.00 bits per heavy atom. The number of amides is 1. The van der Waals surface area contributed by atoms with E-state index in [2.05, 4.69) is 15.3 Å². The van der Waals surface area contributed by atoms with E-state index in [1.165, 1.54) is 12.2 Å². The van der Waals surface area contributed by atoms with Gasteiger partial charge in [0.15, 0.2) is 0 Å². The van der Waals surface area contributed by atoms with Gasteiger partial charge < -0.3 is 10.3 Å². The summed E-state index contributed by atoms with van der Waals surface area (Å²) in [6, 6.07) is 9.30. The molecule has 2 aromatic heterocycles. The molecule has 3 rings (SSSR count). The normalized spacial score (nSPS) is 11.2. The minimum atomic E-state index is -0.227. The first-order chi connectivity index (χ1) is 11.6. The molecule has 1 amide bonds. The van der Waals surface area contributed by atoms with Gasteiger partial charge in [-0.3, -0.25) is 9.59 Å². The number of aromatic nitrogens is 2. The second kappa shape index (κ2) is 7.23. The molecule has 2 heterocycles. The van der Waals surface area contributed by atoms with Gasteiger partial charge in [0, 0.05) is 35.5 Å². The van der Waals surface area contributed by atoms with Gasteiger partial charge in [0.25, 0.3) is 5.56 Å². The fourth-order valence-electron chi connectivity index (χ4n) is 2.35. The Morgan fingerprint density at radius 1 is 1.38 bits per heavy atom. The van der Waals surface area contributed by atoms with Gasteiger partial charge in [-0.25, -0.2) is 4.98 Å². The molecule has 122 valence electrons. The maximum absolute atomic E-state index is 12.0. The molecule has 0 saturated carbocycles. The van der Waals surface area contributed by atoms with Gasteiger partial charge in [-0.1, -0.05) is 18.2 Å². The number of pyridine rings is 1. The maximum atomic E-state index is 12.0. The fraction of sp³-hybridized carbons (Fsp3) is 0.167. The van der Waals surface area contributed by atoms with Crippen LogP contribution in [0.25, 0.3) is 17.0 Å². The molecule has 3 aromatic rings.